The Bertz CT molecular complexity index is 1260. The predicted molar refractivity (Wildman–Crippen MR) is 147 cm³/mol. The maximum atomic E-state index is 13.0. The topological polar surface area (TPSA) is 89.7 Å². The van der Waals surface area contributed by atoms with Crippen molar-refractivity contribution in [3.8, 4) is 11.1 Å². The minimum atomic E-state index is -0.270. The third-order valence-corrected chi connectivity index (χ3v) is 6.91. The summed E-state index contributed by atoms with van der Waals surface area (Å²) in [5.41, 5.74) is 4.14. The van der Waals surface area contributed by atoms with Crippen LogP contribution in [0.25, 0.3) is 11.1 Å². The van der Waals surface area contributed by atoms with E-state index < -0.39 is 0 Å². The molecule has 0 amide bonds. The quantitative estimate of drug-likeness (QED) is 0.220. The van der Waals surface area contributed by atoms with Crippen LogP contribution in [0.2, 0.25) is 0 Å². The second kappa shape index (κ2) is 12.7. The van der Waals surface area contributed by atoms with Gasteiger partial charge in [0.1, 0.15) is 0 Å². The van der Waals surface area contributed by atoms with Crippen molar-refractivity contribution >= 4 is 23.6 Å². The van der Waals surface area contributed by atoms with Crippen molar-refractivity contribution in [1.29, 1.82) is 0 Å². The van der Waals surface area contributed by atoms with Gasteiger partial charge in [-0.3, -0.25) is 14.4 Å². The minimum Gasteiger partial charge on any atom is -0.466 e. The molecule has 0 bridgehead atoms. The van der Waals surface area contributed by atoms with Gasteiger partial charge in [0.15, 0.2) is 11.5 Å². The van der Waals surface area contributed by atoms with E-state index in [2.05, 4.69) is 16.8 Å². The Labute approximate surface area is 224 Å². The average Bonchev–Trinajstić information content (AvgIpc) is 3.31. The van der Waals surface area contributed by atoms with Gasteiger partial charge in [-0.2, -0.15) is 4.98 Å². The van der Waals surface area contributed by atoms with Crippen LogP contribution in [0.15, 0.2) is 52.9 Å². The molecule has 0 saturated carbocycles. The molecule has 2 heterocycles. The summed E-state index contributed by atoms with van der Waals surface area (Å²) in [6, 6.07) is 15.9. The van der Waals surface area contributed by atoms with Crippen molar-refractivity contribution in [1.82, 2.24) is 4.98 Å². The standard InChI is InChI=1S/C31H36N2O5/c1-4-37-29(36)9-5-8-27(34)26-16-14-25(15-17-26)24-12-10-23(11-13-24)19-28(35)30-22(3)32-31(38-30)33-18-6-7-21(2)20-33/h10-17,21H,4-9,18-20H2,1-3H3. The third kappa shape index (κ3) is 6.97. The molecule has 200 valence electrons. The highest BCUT2D eigenvalue weighted by Gasteiger charge is 2.24. The van der Waals surface area contributed by atoms with Gasteiger partial charge in [-0.15, -0.1) is 0 Å². The number of aryl methyl sites for hydroxylation is 1. The van der Waals surface area contributed by atoms with Gasteiger partial charge in [-0.1, -0.05) is 55.5 Å². The second-order valence-corrected chi connectivity index (χ2v) is 10.1. The van der Waals surface area contributed by atoms with Crippen LogP contribution in [0.3, 0.4) is 0 Å². The number of nitrogens with zero attached hydrogens (tertiary/aromatic N) is 2. The fraction of sp³-hybridized carbons (Fsp3) is 0.419. The first-order valence-corrected chi connectivity index (χ1v) is 13.5. The van der Waals surface area contributed by atoms with E-state index in [0.717, 1.165) is 36.2 Å². The summed E-state index contributed by atoms with van der Waals surface area (Å²) in [6.45, 7) is 7.98. The van der Waals surface area contributed by atoms with Gasteiger partial charge in [0.05, 0.1) is 12.3 Å². The van der Waals surface area contributed by atoms with E-state index in [4.69, 9.17) is 9.15 Å². The molecule has 3 aromatic rings. The number of anilines is 1. The lowest BCUT2D eigenvalue weighted by atomic mass is 9.98. The summed E-state index contributed by atoms with van der Waals surface area (Å²) in [6.07, 6.45) is 3.59. The molecule has 1 aliphatic rings. The van der Waals surface area contributed by atoms with Crippen molar-refractivity contribution in [2.24, 2.45) is 5.92 Å². The average molecular weight is 517 g/mol. The number of hydrogen-bond donors (Lipinski definition) is 0. The van der Waals surface area contributed by atoms with Crippen LogP contribution in [-0.4, -0.2) is 42.2 Å². The summed E-state index contributed by atoms with van der Waals surface area (Å²) >= 11 is 0. The highest BCUT2D eigenvalue weighted by Crippen LogP contribution is 2.26. The van der Waals surface area contributed by atoms with Gasteiger partial charge >= 0.3 is 5.97 Å². The molecule has 1 saturated heterocycles. The highest BCUT2D eigenvalue weighted by atomic mass is 16.5. The number of esters is 1. The van der Waals surface area contributed by atoms with E-state index in [1.54, 1.807) is 6.92 Å². The molecule has 1 fully saturated rings. The number of ketones is 2. The Kier molecular flexibility index (Phi) is 9.10. The predicted octanol–water partition coefficient (Wildman–Crippen LogP) is 6.23. The number of ether oxygens (including phenoxy) is 1. The number of aromatic nitrogens is 1. The summed E-state index contributed by atoms with van der Waals surface area (Å²) in [7, 11) is 0. The monoisotopic (exact) mass is 516 g/mol. The van der Waals surface area contributed by atoms with Gasteiger partial charge in [-0.25, -0.2) is 0 Å². The molecule has 2 aromatic carbocycles. The molecule has 0 radical (unpaired) electrons. The Hall–Kier alpha value is -3.74. The number of hydrogen-bond acceptors (Lipinski definition) is 7. The Morgan fingerprint density at radius 1 is 1.00 bits per heavy atom. The molecule has 1 aromatic heterocycles. The largest absolute Gasteiger partial charge is 0.466 e. The van der Waals surface area contributed by atoms with Crippen LogP contribution >= 0.6 is 0 Å². The Balaban J connectivity index is 1.33. The molecule has 4 rings (SSSR count). The zero-order valence-electron chi connectivity index (χ0n) is 22.5. The molecule has 0 aliphatic carbocycles. The molecule has 7 nitrogen and oxygen atoms in total. The normalized spacial score (nSPS) is 15.3. The van der Waals surface area contributed by atoms with Gasteiger partial charge in [0.2, 0.25) is 5.78 Å². The molecule has 38 heavy (non-hydrogen) atoms. The summed E-state index contributed by atoms with van der Waals surface area (Å²) in [5.74, 6) is 0.590. The van der Waals surface area contributed by atoms with Gasteiger partial charge in [0.25, 0.3) is 6.01 Å². The molecule has 7 heteroatoms. The number of benzene rings is 2. The Morgan fingerprint density at radius 2 is 1.68 bits per heavy atom. The highest BCUT2D eigenvalue weighted by molar-refractivity contribution is 5.97. The number of carbonyl (C=O) groups excluding carboxylic acids is 3. The van der Waals surface area contributed by atoms with Crippen molar-refractivity contribution in [3.63, 3.8) is 0 Å². The van der Waals surface area contributed by atoms with E-state index in [0.29, 0.717) is 48.4 Å². The molecule has 0 spiro atoms. The zero-order valence-corrected chi connectivity index (χ0v) is 22.5. The number of oxazole rings is 1. The number of Topliss-reactive ketones (excluding diaryl/α,β-unsaturated/α-hetero) is 2. The smallest absolute Gasteiger partial charge is 0.305 e. The van der Waals surface area contributed by atoms with E-state index in [1.165, 1.54) is 6.42 Å². The fourth-order valence-corrected chi connectivity index (χ4v) is 4.84. The van der Waals surface area contributed by atoms with Crippen molar-refractivity contribution < 1.29 is 23.5 Å². The molecular formula is C31H36N2O5. The van der Waals surface area contributed by atoms with Crippen LogP contribution < -0.4 is 4.90 Å². The minimum absolute atomic E-state index is 0.00961. The van der Waals surface area contributed by atoms with E-state index in [9.17, 15) is 14.4 Å². The van der Waals surface area contributed by atoms with Crippen LogP contribution in [0.5, 0.6) is 0 Å². The van der Waals surface area contributed by atoms with Crippen molar-refractivity contribution in [2.45, 2.75) is 59.3 Å². The van der Waals surface area contributed by atoms with Crippen LogP contribution in [0.1, 0.15) is 78.1 Å². The van der Waals surface area contributed by atoms with Gasteiger partial charge < -0.3 is 14.1 Å². The summed E-state index contributed by atoms with van der Waals surface area (Å²) in [4.78, 5) is 43.5. The molecule has 0 N–H and O–H groups in total. The van der Waals surface area contributed by atoms with Gasteiger partial charge in [0, 0.05) is 37.9 Å². The summed E-state index contributed by atoms with van der Waals surface area (Å²) < 4.78 is 10.8. The SMILES string of the molecule is CCOC(=O)CCCC(=O)c1ccc(-c2ccc(CC(=O)c3oc(N4CCCC(C)C4)nc3C)cc2)cc1. The maximum Gasteiger partial charge on any atom is 0.305 e. The molecule has 1 aliphatic heterocycles. The Morgan fingerprint density at radius 3 is 2.34 bits per heavy atom. The lowest BCUT2D eigenvalue weighted by molar-refractivity contribution is -0.143. The lowest BCUT2D eigenvalue weighted by Crippen LogP contribution is -2.34. The molecular weight excluding hydrogens is 480 g/mol. The first kappa shape index (κ1) is 27.3. The summed E-state index contributed by atoms with van der Waals surface area (Å²) in [5, 5.41) is 0. The fourth-order valence-electron chi connectivity index (χ4n) is 4.84. The molecule has 1 atom stereocenters. The van der Waals surface area contributed by atoms with Crippen LogP contribution in [-0.2, 0) is 16.0 Å². The van der Waals surface area contributed by atoms with E-state index >= 15 is 0 Å². The first-order valence-electron chi connectivity index (χ1n) is 13.5. The van der Waals surface area contributed by atoms with Crippen LogP contribution in [0, 0.1) is 12.8 Å². The first-order chi connectivity index (χ1) is 18.3. The number of carbonyl (C=O) groups is 3. The number of rotatable bonds is 11. The number of piperidine rings is 1. The van der Waals surface area contributed by atoms with E-state index in [-0.39, 0.29) is 30.4 Å². The zero-order chi connectivity index (χ0) is 27.1. The van der Waals surface area contributed by atoms with Gasteiger partial charge in [-0.05, 0) is 55.7 Å². The van der Waals surface area contributed by atoms with Crippen molar-refractivity contribution in [3.05, 3.63) is 71.1 Å². The van der Waals surface area contributed by atoms with Crippen LogP contribution in [0.4, 0.5) is 6.01 Å². The second-order valence-electron chi connectivity index (χ2n) is 10.1. The molecule has 1 unspecified atom stereocenters. The van der Waals surface area contributed by atoms with Crippen molar-refractivity contribution in [2.75, 3.05) is 24.6 Å². The lowest BCUT2D eigenvalue weighted by Gasteiger charge is -2.29. The third-order valence-electron chi connectivity index (χ3n) is 6.91. The van der Waals surface area contributed by atoms with E-state index in [1.807, 2.05) is 55.5 Å². The maximum absolute atomic E-state index is 13.0.